The molecule has 1 aromatic rings. The maximum absolute atomic E-state index is 12.6. The van der Waals surface area contributed by atoms with Crippen LogP contribution in [0.4, 0.5) is 0 Å². The number of amides is 2. The first-order valence-corrected chi connectivity index (χ1v) is 9.65. The van der Waals surface area contributed by atoms with Gasteiger partial charge in [-0.15, -0.1) is 0 Å². The maximum Gasteiger partial charge on any atom is 0.317 e. The lowest BCUT2D eigenvalue weighted by atomic mass is 9.78. The first kappa shape index (κ1) is 18.7. The lowest BCUT2D eigenvalue weighted by molar-refractivity contribution is -0.139. The Balaban J connectivity index is 1.55. The molecule has 2 bridgehead atoms. The van der Waals surface area contributed by atoms with Crippen LogP contribution in [0.2, 0.25) is 0 Å². The Morgan fingerprint density at radius 1 is 1.25 bits per heavy atom. The van der Waals surface area contributed by atoms with Gasteiger partial charge in [0, 0.05) is 43.7 Å². The van der Waals surface area contributed by atoms with E-state index in [9.17, 15) is 19.2 Å². The van der Waals surface area contributed by atoms with Crippen LogP contribution in [0.15, 0.2) is 23.0 Å². The van der Waals surface area contributed by atoms with E-state index in [4.69, 9.17) is 5.11 Å². The number of carbonyl (C=O) groups is 3. The van der Waals surface area contributed by atoms with Crippen molar-refractivity contribution in [2.45, 2.75) is 37.3 Å². The molecule has 28 heavy (non-hydrogen) atoms. The molecule has 0 unspecified atom stereocenters. The summed E-state index contributed by atoms with van der Waals surface area (Å²) in [5.41, 5.74) is 0.791. The molecule has 4 rings (SSSR count). The number of pyridine rings is 1. The highest BCUT2D eigenvalue weighted by atomic mass is 16.4. The van der Waals surface area contributed by atoms with E-state index in [1.54, 1.807) is 10.6 Å². The molecule has 9 nitrogen and oxygen atoms in total. The minimum absolute atomic E-state index is 0.0305. The predicted molar refractivity (Wildman–Crippen MR) is 98.8 cm³/mol. The fraction of sp³-hybridized carbons (Fsp3) is 0.579. The number of fused-ring (bicyclic) bond motifs is 4. The topological polar surface area (TPSA) is 121 Å². The van der Waals surface area contributed by atoms with Crippen molar-refractivity contribution in [1.29, 1.82) is 0 Å². The van der Waals surface area contributed by atoms with Crippen molar-refractivity contribution in [3.8, 4) is 0 Å². The number of nitrogens with one attached hydrogen (secondary N) is 2. The molecule has 3 aliphatic rings. The van der Waals surface area contributed by atoms with Crippen molar-refractivity contribution in [2.75, 3.05) is 26.2 Å². The number of aliphatic carboxylic acids is 1. The molecule has 0 aromatic carbocycles. The summed E-state index contributed by atoms with van der Waals surface area (Å²) in [6, 6.07) is 4.40. The van der Waals surface area contributed by atoms with Crippen LogP contribution < -0.4 is 16.2 Å². The summed E-state index contributed by atoms with van der Waals surface area (Å²) in [6.45, 7) is 1.43. The Kier molecular flexibility index (Phi) is 4.92. The Morgan fingerprint density at radius 3 is 2.79 bits per heavy atom. The number of likely N-dealkylation sites (tertiary alicyclic amines) is 1. The first-order valence-electron chi connectivity index (χ1n) is 9.65. The van der Waals surface area contributed by atoms with Gasteiger partial charge in [-0.25, -0.2) is 0 Å². The van der Waals surface area contributed by atoms with Crippen LogP contribution in [-0.2, 0) is 14.4 Å². The molecule has 9 heteroatoms. The number of piperidine rings is 1. The van der Waals surface area contributed by atoms with Gasteiger partial charge in [-0.05, 0) is 24.8 Å². The zero-order valence-corrected chi connectivity index (χ0v) is 15.5. The summed E-state index contributed by atoms with van der Waals surface area (Å²) in [7, 11) is 0. The third-order valence-electron chi connectivity index (χ3n) is 6.03. The molecule has 3 N–H and O–H groups in total. The van der Waals surface area contributed by atoms with Gasteiger partial charge in [0.05, 0.1) is 12.6 Å². The highest BCUT2D eigenvalue weighted by Gasteiger charge is 2.41. The Morgan fingerprint density at radius 2 is 2.07 bits per heavy atom. The van der Waals surface area contributed by atoms with Crippen molar-refractivity contribution in [2.24, 2.45) is 5.92 Å². The number of carbonyl (C=O) groups excluding carboxylic acids is 2. The summed E-state index contributed by atoms with van der Waals surface area (Å²) in [5, 5.41) is 14.7. The van der Waals surface area contributed by atoms with Gasteiger partial charge in [0.15, 0.2) is 0 Å². The van der Waals surface area contributed by atoms with Crippen molar-refractivity contribution < 1.29 is 19.5 Å². The van der Waals surface area contributed by atoms with Crippen molar-refractivity contribution in [1.82, 2.24) is 20.1 Å². The van der Waals surface area contributed by atoms with Gasteiger partial charge in [0.25, 0.3) is 5.56 Å². The first-order chi connectivity index (χ1) is 13.4. The van der Waals surface area contributed by atoms with Crippen molar-refractivity contribution >= 4 is 17.8 Å². The highest BCUT2D eigenvalue weighted by molar-refractivity contribution is 5.90. The fourth-order valence-corrected chi connectivity index (χ4v) is 4.86. The van der Waals surface area contributed by atoms with Crippen LogP contribution in [0, 0.1) is 5.92 Å². The standard InChI is InChI=1S/C19H24N4O5/c24-16-5-4-13(21-16)19(28)20-7-15-12-6-11(8-22(9-12)10-18(26)27)14-2-1-3-17(25)23(14)15/h1-3,11-13,15H,4-10H2,(H,20,28)(H,21,24)(H,26,27)/t11-,12+,13-,15+/m1/s1. The average Bonchev–Trinajstić information content (AvgIpc) is 3.08. The predicted octanol–water partition coefficient (Wildman–Crippen LogP) is -0.712. The van der Waals surface area contributed by atoms with E-state index < -0.39 is 12.0 Å². The van der Waals surface area contributed by atoms with Crippen molar-refractivity contribution in [3.05, 3.63) is 34.2 Å². The minimum Gasteiger partial charge on any atom is -0.480 e. The molecular formula is C19H24N4O5. The summed E-state index contributed by atoms with van der Waals surface area (Å²) in [4.78, 5) is 49.4. The maximum atomic E-state index is 12.6. The molecule has 3 aliphatic heterocycles. The van der Waals surface area contributed by atoms with Gasteiger partial charge < -0.3 is 20.3 Å². The van der Waals surface area contributed by atoms with Gasteiger partial charge >= 0.3 is 5.97 Å². The number of hydrogen-bond acceptors (Lipinski definition) is 5. The van der Waals surface area contributed by atoms with Crippen molar-refractivity contribution in [3.63, 3.8) is 0 Å². The molecule has 0 radical (unpaired) electrons. The Bertz CT molecular complexity index is 866. The molecule has 2 amide bonds. The SMILES string of the molecule is O=C(O)CN1C[C@H]2C[C@@H](C1)[C@H](CNC(=O)[C@H]1CCC(=O)N1)n1c2cccc1=O. The lowest BCUT2D eigenvalue weighted by Crippen LogP contribution is -2.53. The molecular weight excluding hydrogens is 364 g/mol. The normalized spacial score (nSPS) is 29.1. The molecule has 2 saturated heterocycles. The van der Waals surface area contributed by atoms with Crippen LogP contribution in [0.25, 0.3) is 0 Å². The van der Waals surface area contributed by atoms with Crippen LogP contribution in [0.1, 0.15) is 36.9 Å². The molecule has 0 saturated carbocycles. The smallest absolute Gasteiger partial charge is 0.317 e. The number of rotatable bonds is 5. The molecule has 1 aromatic heterocycles. The summed E-state index contributed by atoms with van der Waals surface area (Å²) in [6.07, 6.45) is 1.68. The molecule has 4 atom stereocenters. The van der Waals surface area contributed by atoms with Crippen LogP contribution in [0.5, 0.6) is 0 Å². The summed E-state index contributed by atoms with van der Waals surface area (Å²) >= 11 is 0. The van der Waals surface area contributed by atoms with Crippen LogP contribution in [0.3, 0.4) is 0 Å². The monoisotopic (exact) mass is 388 g/mol. The molecule has 4 heterocycles. The van der Waals surface area contributed by atoms with E-state index in [2.05, 4.69) is 10.6 Å². The van der Waals surface area contributed by atoms with E-state index in [0.29, 0.717) is 25.9 Å². The van der Waals surface area contributed by atoms with Gasteiger partial charge in [-0.3, -0.25) is 24.1 Å². The Hall–Kier alpha value is -2.68. The second-order valence-electron chi connectivity index (χ2n) is 7.91. The van der Waals surface area contributed by atoms with E-state index >= 15 is 0 Å². The number of carboxylic acid groups (broad SMARTS) is 1. The van der Waals surface area contributed by atoms with Gasteiger partial charge in [0.2, 0.25) is 11.8 Å². The van der Waals surface area contributed by atoms with Gasteiger partial charge in [-0.2, -0.15) is 0 Å². The second-order valence-corrected chi connectivity index (χ2v) is 7.91. The largest absolute Gasteiger partial charge is 0.480 e. The van der Waals surface area contributed by atoms with E-state index in [0.717, 1.165) is 12.1 Å². The summed E-state index contributed by atoms with van der Waals surface area (Å²) < 4.78 is 1.77. The number of aromatic nitrogens is 1. The number of nitrogens with zero attached hydrogens (tertiary/aromatic N) is 2. The zero-order chi connectivity index (χ0) is 19.8. The van der Waals surface area contributed by atoms with Crippen LogP contribution >= 0.6 is 0 Å². The lowest BCUT2D eigenvalue weighted by Gasteiger charge is -2.46. The van der Waals surface area contributed by atoms with Gasteiger partial charge in [-0.1, -0.05) is 6.07 Å². The van der Waals surface area contributed by atoms with E-state index in [1.807, 2.05) is 11.0 Å². The summed E-state index contributed by atoms with van der Waals surface area (Å²) in [5.74, 6) is -1.06. The average molecular weight is 388 g/mol. The number of carboxylic acids is 1. The third-order valence-corrected chi connectivity index (χ3v) is 6.03. The minimum atomic E-state index is -0.868. The highest BCUT2D eigenvalue weighted by Crippen LogP contribution is 2.40. The molecule has 2 fully saturated rings. The third kappa shape index (κ3) is 3.54. The molecule has 150 valence electrons. The Labute approximate surface area is 161 Å². The van der Waals surface area contributed by atoms with Crippen LogP contribution in [-0.4, -0.2) is 64.6 Å². The quantitative estimate of drug-likeness (QED) is 0.613. The molecule has 0 spiro atoms. The molecule has 0 aliphatic carbocycles. The number of hydrogen-bond donors (Lipinski definition) is 3. The van der Waals surface area contributed by atoms with E-state index in [-0.39, 0.29) is 48.3 Å². The fourth-order valence-electron chi connectivity index (χ4n) is 4.86. The van der Waals surface area contributed by atoms with E-state index in [1.165, 1.54) is 6.07 Å². The zero-order valence-electron chi connectivity index (χ0n) is 15.5. The van der Waals surface area contributed by atoms with Gasteiger partial charge in [0.1, 0.15) is 6.04 Å². The second kappa shape index (κ2) is 7.38.